The molecular weight excluding hydrogens is 472 g/mol. The molecular formula is C34H58O2S. The van der Waals surface area contributed by atoms with Crippen LogP contribution in [0, 0.1) is 34.5 Å². The number of unbranched alkanes of at least 4 members (excludes halogenated alkanes) is 8. The highest BCUT2D eigenvalue weighted by atomic mass is 32.2. The molecule has 4 aliphatic rings. The van der Waals surface area contributed by atoms with Crippen LogP contribution in [0.4, 0.5) is 4.79 Å². The van der Waals surface area contributed by atoms with Crippen molar-refractivity contribution in [2.24, 2.45) is 34.5 Å². The zero-order chi connectivity index (χ0) is 26.3. The number of hydrogen-bond acceptors (Lipinski definition) is 3. The Bertz CT molecular complexity index is 761. The number of allylic oxidation sites excluding steroid dienone is 2. The van der Waals surface area contributed by atoms with Gasteiger partial charge in [0, 0.05) is 5.25 Å². The van der Waals surface area contributed by atoms with Crippen LogP contribution in [0.5, 0.6) is 0 Å². The van der Waals surface area contributed by atoms with Crippen LogP contribution in [-0.4, -0.2) is 17.2 Å². The maximum absolute atomic E-state index is 12.5. The van der Waals surface area contributed by atoms with E-state index in [1.54, 1.807) is 5.57 Å². The standard InChI is InChI=1S/C34H58O2S/c1-5-7-9-11-12-13-15-26-17-19-30-29-18-16-27-25-28(37-32(35)36-24-14-10-8-6-2)20-22-34(27,4)31(29)21-23-33(26,30)3/h16,26,28-31H,5-15,17-25H2,1-4H3/t26-,28+,29+,30-,31-,33-,34+/m1/s1. The second-order valence-electron chi connectivity index (χ2n) is 13.8. The normalized spacial score (nSPS) is 36.9. The Morgan fingerprint density at radius 1 is 0.892 bits per heavy atom. The quantitative estimate of drug-likeness (QED) is 0.134. The molecule has 4 rings (SSSR count). The average Bonchev–Trinajstić information content (AvgIpc) is 3.22. The van der Waals surface area contributed by atoms with E-state index >= 15 is 0 Å². The molecule has 0 amide bonds. The van der Waals surface area contributed by atoms with Crippen molar-refractivity contribution in [1.29, 1.82) is 0 Å². The fraction of sp³-hybridized carbons (Fsp3) is 0.912. The van der Waals surface area contributed by atoms with Gasteiger partial charge in [0.05, 0.1) is 6.61 Å². The summed E-state index contributed by atoms with van der Waals surface area (Å²) in [4.78, 5) is 12.5. The van der Waals surface area contributed by atoms with Gasteiger partial charge in [-0.3, -0.25) is 0 Å². The molecule has 0 radical (unpaired) electrons. The summed E-state index contributed by atoms with van der Waals surface area (Å²) in [6.45, 7) is 10.4. The second kappa shape index (κ2) is 13.8. The second-order valence-corrected chi connectivity index (χ2v) is 15.0. The van der Waals surface area contributed by atoms with E-state index in [-0.39, 0.29) is 5.30 Å². The molecule has 4 aliphatic carbocycles. The van der Waals surface area contributed by atoms with Crippen molar-refractivity contribution in [3.63, 3.8) is 0 Å². The van der Waals surface area contributed by atoms with Crippen molar-refractivity contribution in [3.05, 3.63) is 11.6 Å². The first-order valence-corrected chi connectivity index (χ1v) is 17.3. The fourth-order valence-electron chi connectivity index (χ4n) is 9.34. The van der Waals surface area contributed by atoms with Crippen LogP contribution in [0.15, 0.2) is 11.6 Å². The molecule has 0 heterocycles. The van der Waals surface area contributed by atoms with E-state index in [9.17, 15) is 4.79 Å². The number of rotatable bonds is 13. The molecule has 0 bridgehead atoms. The van der Waals surface area contributed by atoms with Gasteiger partial charge in [-0.15, -0.1) is 0 Å². The average molecular weight is 531 g/mol. The van der Waals surface area contributed by atoms with Crippen molar-refractivity contribution < 1.29 is 9.53 Å². The molecule has 0 N–H and O–H groups in total. The Labute approximate surface area is 233 Å². The third-order valence-corrected chi connectivity index (χ3v) is 12.7. The van der Waals surface area contributed by atoms with Crippen LogP contribution >= 0.6 is 11.8 Å². The molecule has 3 heteroatoms. The Morgan fingerprint density at radius 3 is 2.41 bits per heavy atom. The van der Waals surface area contributed by atoms with E-state index in [0.717, 1.165) is 36.5 Å². The first-order chi connectivity index (χ1) is 17.9. The van der Waals surface area contributed by atoms with Gasteiger partial charge < -0.3 is 4.74 Å². The van der Waals surface area contributed by atoms with Crippen molar-refractivity contribution in [2.45, 2.75) is 155 Å². The van der Waals surface area contributed by atoms with Gasteiger partial charge in [0.1, 0.15) is 0 Å². The summed E-state index contributed by atoms with van der Waals surface area (Å²) in [7, 11) is 0. The van der Waals surface area contributed by atoms with Crippen LogP contribution < -0.4 is 0 Å². The number of ether oxygens (including phenoxy) is 1. The zero-order valence-electron chi connectivity index (χ0n) is 24.8. The maximum atomic E-state index is 12.5. The number of carbonyl (C=O) groups is 1. The van der Waals surface area contributed by atoms with Crippen LogP contribution in [0.1, 0.15) is 150 Å². The van der Waals surface area contributed by atoms with Crippen molar-refractivity contribution in [1.82, 2.24) is 0 Å². The minimum absolute atomic E-state index is 0.0322. The molecule has 2 nitrogen and oxygen atoms in total. The van der Waals surface area contributed by atoms with Crippen LogP contribution in [0.3, 0.4) is 0 Å². The SMILES string of the molecule is CCCCCCCC[C@@H]1CC[C@@H]2[C@@H]3CC=C4C[C@@H](SC(=O)OCCCCCC)CC[C@]4(C)[C@@H]3CC[C@]12C. The zero-order valence-corrected chi connectivity index (χ0v) is 25.6. The van der Waals surface area contributed by atoms with Gasteiger partial charge in [0.25, 0.3) is 0 Å². The van der Waals surface area contributed by atoms with Gasteiger partial charge in [-0.2, -0.15) is 0 Å². The van der Waals surface area contributed by atoms with E-state index in [1.807, 2.05) is 0 Å². The molecule has 212 valence electrons. The third kappa shape index (κ3) is 6.83. The molecule has 0 aromatic carbocycles. The summed E-state index contributed by atoms with van der Waals surface area (Å²) in [6, 6.07) is 0. The summed E-state index contributed by atoms with van der Waals surface area (Å²) in [5, 5.41) is 0.385. The highest BCUT2D eigenvalue weighted by Crippen LogP contribution is 2.67. The van der Waals surface area contributed by atoms with E-state index in [1.165, 1.54) is 121 Å². The van der Waals surface area contributed by atoms with Crippen molar-refractivity contribution >= 4 is 17.1 Å². The Kier molecular flexibility index (Phi) is 11.0. The van der Waals surface area contributed by atoms with Crippen molar-refractivity contribution in [2.75, 3.05) is 6.61 Å². The molecule has 0 aliphatic heterocycles. The Morgan fingerprint density at radius 2 is 1.62 bits per heavy atom. The fourth-order valence-corrected chi connectivity index (χ4v) is 10.3. The summed E-state index contributed by atoms with van der Waals surface area (Å²) in [5.41, 5.74) is 2.67. The lowest BCUT2D eigenvalue weighted by Gasteiger charge is -2.58. The van der Waals surface area contributed by atoms with E-state index in [4.69, 9.17) is 4.74 Å². The number of thioether (sulfide) groups is 1. The maximum Gasteiger partial charge on any atom is 0.367 e. The molecule has 3 saturated carbocycles. The van der Waals surface area contributed by atoms with Gasteiger partial charge in [-0.25, -0.2) is 4.79 Å². The molecule has 0 unspecified atom stereocenters. The summed E-state index contributed by atoms with van der Waals surface area (Å²) in [6.07, 6.45) is 28.1. The van der Waals surface area contributed by atoms with Gasteiger partial charge >= 0.3 is 5.30 Å². The lowest BCUT2D eigenvalue weighted by atomic mass is 9.47. The van der Waals surface area contributed by atoms with Crippen LogP contribution in [-0.2, 0) is 4.74 Å². The molecule has 0 aromatic rings. The van der Waals surface area contributed by atoms with Crippen LogP contribution in [0.2, 0.25) is 0 Å². The Hall–Kier alpha value is -0.440. The van der Waals surface area contributed by atoms with Gasteiger partial charge in [-0.1, -0.05) is 97.1 Å². The molecule has 37 heavy (non-hydrogen) atoms. The van der Waals surface area contributed by atoms with Gasteiger partial charge in [0.2, 0.25) is 0 Å². The van der Waals surface area contributed by atoms with Gasteiger partial charge in [0.15, 0.2) is 0 Å². The van der Waals surface area contributed by atoms with Crippen molar-refractivity contribution in [3.8, 4) is 0 Å². The first-order valence-electron chi connectivity index (χ1n) is 16.4. The lowest BCUT2D eigenvalue weighted by molar-refractivity contribution is -0.0421. The smallest absolute Gasteiger partial charge is 0.367 e. The highest BCUT2D eigenvalue weighted by molar-refractivity contribution is 8.13. The molecule has 0 spiro atoms. The molecule has 3 fully saturated rings. The molecule has 0 saturated heterocycles. The minimum Gasteiger partial charge on any atom is -0.458 e. The Balaban J connectivity index is 1.29. The predicted molar refractivity (Wildman–Crippen MR) is 160 cm³/mol. The van der Waals surface area contributed by atoms with Crippen LogP contribution in [0.25, 0.3) is 0 Å². The topological polar surface area (TPSA) is 26.3 Å². The van der Waals surface area contributed by atoms with E-state index in [2.05, 4.69) is 33.8 Å². The molecule has 0 aromatic heterocycles. The number of fused-ring (bicyclic) bond motifs is 5. The summed E-state index contributed by atoms with van der Waals surface area (Å²) < 4.78 is 5.56. The van der Waals surface area contributed by atoms with Gasteiger partial charge in [-0.05, 0) is 110 Å². The number of carbonyl (C=O) groups excluding carboxylic acids is 1. The highest BCUT2D eigenvalue weighted by Gasteiger charge is 2.58. The number of hydrogen-bond donors (Lipinski definition) is 0. The third-order valence-electron chi connectivity index (χ3n) is 11.6. The van der Waals surface area contributed by atoms with E-state index < -0.39 is 0 Å². The summed E-state index contributed by atoms with van der Waals surface area (Å²) >= 11 is 1.49. The minimum atomic E-state index is -0.0322. The summed E-state index contributed by atoms with van der Waals surface area (Å²) in [5.74, 6) is 3.69. The van der Waals surface area contributed by atoms with E-state index in [0.29, 0.717) is 22.7 Å². The molecule has 7 atom stereocenters. The first kappa shape index (κ1) is 29.5. The monoisotopic (exact) mass is 530 g/mol. The predicted octanol–water partition coefficient (Wildman–Crippen LogP) is 11.1. The largest absolute Gasteiger partial charge is 0.458 e. The lowest BCUT2D eigenvalue weighted by Crippen LogP contribution is -2.50.